The smallest absolute Gasteiger partial charge is 0.0787 e. The van der Waals surface area contributed by atoms with Crippen molar-refractivity contribution in [3.05, 3.63) is 0 Å². The largest absolute Gasteiger partial charge is 0.388 e. The lowest BCUT2D eigenvalue weighted by molar-refractivity contribution is -0.248. The highest BCUT2D eigenvalue weighted by Gasteiger charge is 2.81. The van der Waals surface area contributed by atoms with Crippen LogP contribution >= 0.6 is 0 Å². The molecule has 5 fully saturated rings. The van der Waals surface area contributed by atoms with Crippen LogP contribution in [-0.4, -0.2) is 10.7 Å². The van der Waals surface area contributed by atoms with Crippen molar-refractivity contribution in [2.24, 2.45) is 34.5 Å². The molecule has 0 aromatic heterocycles. The molecule has 0 amide bonds. The third-order valence-electron chi connectivity index (χ3n) is 7.14. The van der Waals surface area contributed by atoms with Crippen molar-refractivity contribution in [3.8, 4) is 0 Å². The van der Waals surface area contributed by atoms with Gasteiger partial charge in [0, 0.05) is 5.41 Å². The van der Waals surface area contributed by atoms with E-state index in [0.29, 0.717) is 5.92 Å². The first-order chi connectivity index (χ1) is 6.93. The lowest BCUT2D eigenvalue weighted by Gasteiger charge is -2.65. The quantitative estimate of drug-likeness (QED) is 0.646. The SMILES string of the molecule is CC1(C)C2CCC3(C)C(C2)C2CC2C13O. The zero-order chi connectivity index (χ0) is 10.6. The van der Waals surface area contributed by atoms with E-state index in [-0.39, 0.29) is 16.4 Å². The second-order valence-corrected chi connectivity index (χ2v) is 7.49. The third-order valence-corrected chi connectivity index (χ3v) is 7.14. The average molecular weight is 206 g/mol. The normalized spacial score (nSPS) is 68.0. The molecule has 6 atom stereocenters. The van der Waals surface area contributed by atoms with E-state index < -0.39 is 0 Å². The second-order valence-electron chi connectivity index (χ2n) is 7.49. The highest BCUT2D eigenvalue weighted by molar-refractivity contribution is 5.30. The van der Waals surface area contributed by atoms with E-state index in [1.165, 1.54) is 25.7 Å². The Morgan fingerprint density at radius 1 is 1.07 bits per heavy atom. The van der Waals surface area contributed by atoms with Crippen LogP contribution in [0.3, 0.4) is 0 Å². The van der Waals surface area contributed by atoms with Gasteiger partial charge in [0.25, 0.3) is 0 Å². The van der Waals surface area contributed by atoms with E-state index in [2.05, 4.69) is 20.8 Å². The zero-order valence-electron chi connectivity index (χ0n) is 10.1. The first-order valence-corrected chi connectivity index (χ1v) is 6.65. The molecular weight excluding hydrogens is 184 g/mol. The minimum Gasteiger partial charge on any atom is -0.388 e. The summed E-state index contributed by atoms with van der Waals surface area (Å²) in [6.45, 7) is 7.07. The number of rotatable bonds is 0. The summed E-state index contributed by atoms with van der Waals surface area (Å²) in [6, 6.07) is 0. The maximum Gasteiger partial charge on any atom is 0.0787 e. The molecule has 0 radical (unpaired) electrons. The van der Waals surface area contributed by atoms with E-state index in [0.717, 1.165) is 17.8 Å². The number of hydrogen-bond acceptors (Lipinski definition) is 1. The molecule has 0 aromatic rings. The maximum atomic E-state index is 11.3. The Kier molecular flexibility index (Phi) is 1.23. The van der Waals surface area contributed by atoms with Crippen LogP contribution in [0.1, 0.15) is 46.5 Å². The van der Waals surface area contributed by atoms with Gasteiger partial charge in [-0.25, -0.2) is 0 Å². The van der Waals surface area contributed by atoms with Crippen LogP contribution < -0.4 is 0 Å². The van der Waals surface area contributed by atoms with Crippen LogP contribution in [0.15, 0.2) is 0 Å². The Labute approximate surface area is 92.3 Å². The van der Waals surface area contributed by atoms with Gasteiger partial charge in [-0.1, -0.05) is 20.8 Å². The summed E-state index contributed by atoms with van der Waals surface area (Å²) in [5.41, 5.74) is 0.113. The predicted molar refractivity (Wildman–Crippen MR) is 59.3 cm³/mol. The second kappa shape index (κ2) is 2.03. The van der Waals surface area contributed by atoms with Crippen molar-refractivity contribution >= 4 is 0 Å². The fraction of sp³-hybridized carbons (Fsp3) is 1.00. The molecular formula is C14H22O. The first kappa shape index (κ1) is 9.04. The minimum absolute atomic E-state index is 0.173. The molecule has 84 valence electrons. The molecule has 6 unspecified atom stereocenters. The molecule has 0 heterocycles. The predicted octanol–water partition coefficient (Wildman–Crippen LogP) is 2.83. The number of aliphatic hydroxyl groups is 1. The Morgan fingerprint density at radius 2 is 1.80 bits per heavy atom. The standard InChI is InChI=1S/C14H22O/c1-12(2)8-4-5-13(3)10(6-8)9-7-11(9)14(12,13)15/h8-11,15H,4-7H2,1-3H3. The minimum atomic E-state index is -0.323. The van der Waals surface area contributed by atoms with E-state index >= 15 is 0 Å². The van der Waals surface area contributed by atoms with E-state index in [4.69, 9.17) is 0 Å². The molecule has 0 spiro atoms. The lowest BCUT2D eigenvalue weighted by Crippen LogP contribution is -2.66. The molecule has 0 aliphatic heterocycles. The molecule has 5 aliphatic rings. The molecule has 15 heavy (non-hydrogen) atoms. The van der Waals surface area contributed by atoms with E-state index in [9.17, 15) is 5.11 Å². The number of fused-ring (bicyclic) bond motifs is 2. The summed E-state index contributed by atoms with van der Waals surface area (Å²) in [6.07, 6.45) is 5.39. The van der Waals surface area contributed by atoms with Gasteiger partial charge in [0.1, 0.15) is 0 Å². The van der Waals surface area contributed by atoms with Crippen molar-refractivity contribution in [3.63, 3.8) is 0 Å². The summed E-state index contributed by atoms with van der Waals surface area (Å²) in [4.78, 5) is 0. The van der Waals surface area contributed by atoms with Crippen molar-refractivity contribution in [2.45, 2.75) is 52.1 Å². The summed E-state index contributed by atoms with van der Waals surface area (Å²) in [7, 11) is 0. The maximum absolute atomic E-state index is 11.3. The molecule has 0 aromatic carbocycles. The van der Waals surface area contributed by atoms with Crippen molar-refractivity contribution in [2.75, 3.05) is 0 Å². The highest BCUT2D eigenvalue weighted by atomic mass is 16.3. The van der Waals surface area contributed by atoms with Gasteiger partial charge in [0.15, 0.2) is 0 Å². The van der Waals surface area contributed by atoms with Gasteiger partial charge in [0.2, 0.25) is 0 Å². The topological polar surface area (TPSA) is 20.2 Å². The summed E-state index contributed by atoms with van der Waals surface area (Å²) in [5, 5.41) is 11.3. The van der Waals surface area contributed by atoms with E-state index in [1.54, 1.807) is 0 Å². The lowest BCUT2D eigenvalue weighted by atomic mass is 9.41. The molecule has 0 saturated heterocycles. The molecule has 1 heteroatoms. The molecule has 5 saturated carbocycles. The van der Waals surface area contributed by atoms with Gasteiger partial charge in [-0.15, -0.1) is 0 Å². The summed E-state index contributed by atoms with van der Waals surface area (Å²) in [5.74, 6) is 3.21. The summed E-state index contributed by atoms with van der Waals surface area (Å²) >= 11 is 0. The van der Waals surface area contributed by atoms with Gasteiger partial charge >= 0.3 is 0 Å². The number of hydrogen-bond donors (Lipinski definition) is 1. The van der Waals surface area contributed by atoms with Crippen molar-refractivity contribution < 1.29 is 5.11 Å². The average Bonchev–Trinajstić information content (AvgIpc) is 2.91. The van der Waals surface area contributed by atoms with Crippen LogP contribution in [0.2, 0.25) is 0 Å². The summed E-state index contributed by atoms with van der Waals surface area (Å²) < 4.78 is 0. The van der Waals surface area contributed by atoms with Crippen LogP contribution in [0.25, 0.3) is 0 Å². The van der Waals surface area contributed by atoms with Gasteiger partial charge < -0.3 is 5.11 Å². The molecule has 4 bridgehead atoms. The third kappa shape index (κ3) is 0.638. The zero-order valence-corrected chi connectivity index (χ0v) is 10.1. The van der Waals surface area contributed by atoms with Crippen LogP contribution in [-0.2, 0) is 0 Å². The fourth-order valence-electron chi connectivity index (χ4n) is 6.21. The Hall–Kier alpha value is -0.0400. The first-order valence-electron chi connectivity index (χ1n) is 6.65. The van der Waals surface area contributed by atoms with Gasteiger partial charge in [-0.3, -0.25) is 0 Å². The van der Waals surface area contributed by atoms with Gasteiger partial charge in [0.05, 0.1) is 5.60 Å². The van der Waals surface area contributed by atoms with Crippen LogP contribution in [0, 0.1) is 34.5 Å². The van der Waals surface area contributed by atoms with Crippen molar-refractivity contribution in [1.29, 1.82) is 0 Å². The molecule has 5 aliphatic carbocycles. The molecule has 5 rings (SSSR count). The highest BCUT2D eigenvalue weighted by Crippen LogP contribution is 2.82. The fourth-order valence-corrected chi connectivity index (χ4v) is 6.21. The Balaban J connectivity index is 1.97. The van der Waals surface area contributed by atoms with Crippen molar-refractivity contribution in [1.82, 2.24) is 0 Å². The molecule has 1 N–H and O–H groups in total. The Morgan fingerprint density at radius 3 is 2.47 bits per heavy atom. The van der Waals surface area contributed by atoms with Crippen LogP contribution in [0.4, 0.5) is 0 Å². The Bertz CT molecular complexity index is 347. The van der Waals surface area contributed by atoms with Crippen LogP contribution in [0.5, 0.6) is 0 Å². The van der Waals surface area contributed by atoms with Gasteiger partial charge in [-0.2, -0.15) is 0 Å². The van der Waals surface area contributed by atoms with E-state index in [1.807, 2.05) is 0 Å². The monoisotopic (exact) mass is 206 g/mol. The van der Waals surface area contributed by atoms with Gasteiger partial charge in [-0.05, 0) is 54.8 Å². The molecule has 1 nitrogen and oxygen atoms in total.